The maximum Gasteiger partial charge on any atom is 0.227 e. The van der Waals surface area contributed by atoms with E-state index in [9.17, 15) is 9.59 Å². The predicted octanol–water partition coefficient (Wildman–Crippen LogP) is 2.86. The minimum absolute atomic E-state index is 0.0492. The Morgan fingerprint density at radius 3 is 2.28 bits per heavy atom. The molecule has 0 bridgehead atoms. The van der Waals surface area contributed by atoms with Gasteiger partial charge in [0.25, 0.3) is 0 Å². The number of ether oxygens (including phenoxy) is 1. The summed E-state index contributed by atoms with van der Waals surface area (Å²) in [6.07, 6.45) is 0.316. The Hall–Kier alpha value is -2.66. The third kappa shape index (κ3) is 6.39. The third-order valence-electron chi connectivity index (χ3n) is 3.76. The molecule has 0 fully saturated rings. The quantitative estimate of drug-likeness (QED) is 0.804. The van der Waals surface area contributed by atoms with Crippen LogP contribution in [0.3, 0.4) is 0 Å². The molecule has 0 atom stereocenters. The summed E-state index contributed by atoms with van der Waals surface area (Å²) < 4.78 is 5.13. The Morgan fingerprint density at radius 1 is 1.00 bits per heavy atom. The van der Waals surface area contributed by atoms with E-state index in [-0.39, 0.29) is 11.8 Å². The first kappa shape index (κ1) is 18.7. The van der Waals surface area contributed by atoms with Gasteiger partial charge >= 0.3 is 0 Å². The number of rotatable bonds is 8. The molecule has 5 heteroatoms. The lowest BCUT2D eigenvalue weighted by molar-refractivity contribution is -0.131. The minimum atomic E-state index is -0.113. The van der Waals surface area contributed by atoms with Crippen molar-refractivity contribution in [3.05, 3.63) is 65.7 Å². The Morgan fingerprint density at radius 2 is 1.68 bits per heavy atom. The van der Waals surface area contributed by atoms with Gasteiger partial charge in [0.15, 0.2) is 0 Å². The van der Waals surface area contributed by atoms with Crippen LogP contribution in [-0.2, 0) is 27.3 Å². The second-order valence-electron chi connectivity index (χ2n) is 5.85. The standard InChI is InChI=1S/C20H24N2O3/c1-16(23)21-19-10-8-17(9-11-19)14-20(24)22(12-13-25-2)15-18-6-4-3-5-7-18/h3-11H,12-15H2,1-2H3,(H,21,23). The van der Waals surface area contributed by atoms with Gasteiger partial charge in [0.05, 0.1) is 13.0 Å². The zero-order chi connectivity index (χ0) is 18.1. The zero-order valence-electron chi connectivity index (χ0n) is 14.7. The van der Waals surface area contributed by atoms with Crippen LogP contribution in [0.15, 0.2) is 54.6 Å². The Kier molecular flexibility index (Phi) is 7.16. The predicted molar refractivity (Wildman–Crippen MR) is 98.2 cm³/mol. The van der Waals surface area contributed by atoms with Crippen LogP contribution in [0.25, 0.3) is 0 Å². The number of nitrogens with one attached hydrogen (secondary N) is 1. The summed E-state index contributed by atoms with van der Waals surface area (Å²) in [5, 5.41) is 2.72. The highest BCUT2D eigenvalue weighted by atomic mass is 16.5. The van der Waals surface area contributed by atoms with Gasteiger partial charge in [-0.25, -0.2) is 0 Å². The normalized spacial score (nSPS) is 10.3. The topological polar surface area (TPSA) is 58.6 Å². The van der Waals surface area contributed by atoms with Crippen molar-refractivity contribution in [2.45, 2.75) is 19.9 Å². The molecule has 2 amide bonds. The average Bonchev–Trinajstić information content (AvgIpc) is 2.60. The lowest BCUT2D eigenvalue weighted by Gasteiger charge is -2.22. The van der Waals surface area contributed by atoms with Crippen LogP contribution >= 0.6 is 0 Å². The summed E-state index contributed by atoms with van der Waals surface area (Å²) in [6.45, 7) is 3.08. The number of hydrogen-bond acceptors (Lipinski definition) is 3. The highest BCUT2D eigenvalue weighted by Gasteiger charge is 2.14. The van der Waals surface area contributed by atoms with Crippen molar-refractivity contribution in [1.29, 1.82) is 0 Å². The maximum atomic E-state index is 12.7. The number of amides is 2. The Bertz CT molecular complexity index is 684. The number of nitrogens with zero attached hydrogens (tertiary/aromatic N) is 1. The van der Waals surface area contributed by atoms with E-state index >= 15 is 0 Å². The van der Waals surface area contributed by atoms with Gasteiger partial charge in [0, 0.05) is 32.8 Å². The minimum Gasteiger partial charge on any atom is -0.383 e. The van der Waals surface area contributed by atoms with Crippen molar-refractivity contribution in [1.82, 2.24) is 4.90 Å². The van der Waals surface area contributed by atoms with E-state index in [0.29, 0.717) is 26.1 Å². The summed E-state index contributed by atoms with van der Waals surface area (Å²) in [4.78, 5) is 25.5. The second kappa shape index (κ2) is 9.59. The summed E-state index contributed by atoms with van der Waals surface area (Å²) in [6, 6.07) is 17.2. The molecular formula is C20H24N2O3. The van der Waals surface area contributed by atoms with E-state index in [1.165, 1.54) is 6.92 Å². The third-order valence-corrected chi connectivity index (χ3v) is 3.76. The Balaban J connectivity index is 2.01. The molecule has 25 heavy (non-hydrogen) atoms. The molecule has 0 aliphatic rings. The first-order valence-electron chi connectivity index (χ1n) is 8.25. The van der Waals surface area contributed by atoms with Crippen molar-refractivity contribution >= 4 is 17.5 Å². The molecule has 0 heterocycles. The van der Waals surface area contributed by atoms with Crippen LogP contribution < -0.4 is 5.32 Å². The molecule has 1 N–H and O–H groups in total. The molecular weight excluding hydrogens is 316 g/mol. The van der Waals surface area contributed by atoms with Crippen molar-refractivity contribution < 1.29 is 14.3 Å². The van der Waals surface area contributed by atoms with Gasteiger partial charge in [-0.3, -0.25) is 9.59 Å². The molecule has 0 saturated heterocycles. The summed E-state index contributed by atoms with van der Waals surface area (Å²) in [5.74, 6) is -0.0643. The van der Waals surface area contributed by atoms with Gasteiger partial charge in [-0.15, -0.1) is 0 Å². The van der Waals surface area contributed by atoms with E-state index in [1.807, 2.05) is 42.5 Å². The molecule has 2 aromatic carbocycles. The lowest BCUT2D eigenvalue weighted by atomic mass is 10.1. The van der Waals surface area contributed by atoms with Crippen LogP contribution in [0.1, 0.15) is 18.1 Å². The van der Waals surface area contributed by atoms with Crippen molar-refractivity contribution in [3.8, 4) is 0 Å². The molecule has 0 radical (unpaired) electrons. The molecule has 0 aliphatic heterocycles. The van der Waals surface area contributed by atoms with Gasteiger partial charge in [0.1, 0.15) is 0 Å². The molecule has 0 saturated carbocycles. The van der Waals surface area contributed by atoms with Crippen molar-refractivity contribution in [3.63, 3.8) is 0 Å². The van der Waals surface area contributed by atoms with Crippen LogP contribution in [0, 0.1) is 0 Å². The van der Waals surface area contributed by atoms with Gasteiger partial charge in [0.2, 0.25) is 11.8 Å². The van der Waals surface area contributed by atoms with E-state index < -0.39 is 0 Å². The number of methoxy groups -OCH3 is 1. The zero-order valence-corrected chi connectivity index (χ0v) is 14.7. The molecule has 0 unspecified atom stereocenters. The van der Waals surface area contributed by atoms with E-state index in [0.717, 1.165) is 16.8 Å². The fourth-order valence-corrected chi connectivity index (χ4v) is 2.49. The van der Waals surface area contributed by atoms with Crippen molar-refractivity contribution in [2.24, 2.45) is 0 Å². The summed E-state index contributed by atoms with van der Waals surface area (Å²) >= 11 is 0. The van der Waals surface area contributed by atoms with Crippen molar-refractivity contribution in [2.75, 3.05) is 25.6 Å². The molecule has 0 spiro atoms. The van der Waals surface area contributed by atoms with Gasteiger partial charge in [-0.2, -0.15) is 0 Å². The molecule has 5 nitrogen and oxygen atoms in total. The summed E-state index contributed by atoms with van der Waals surface area (Å²) in [5.41, 5.74) is 2.73. The number of benzene rings is 2. The highest BCUT2D eigenvalue weighted by molar-refractivity contribution is 5.88. The lowest BCUT2D eigenvalue weighted by Crippen LogP contribution is -2.34. The number of carbonyl (C=O) groups excluding carboxylic acids is 2. The largest absolute Gasteiger partial charge is 0.383 e. The van der Waals surface area contributed by atoms with Crippen LogP contribution in [0.5, 0.6) is 0 Å². The average molecular weight is 340 g/mol. The molecule has 2 rings (SSSR count). The monoisotopic (exact) mass is 340 g/mol. The second-order valence-corrected chi connectivity index (χ2v) is 5.85. The first-order chi connectivity index (χ1) is 12.1. The number of anilines is 1. The molecule has 2 aromatic rings. The fourth-order valence-electron chi connectivity index (χ4n) is 2.49. The maximum absolute atomic E-state index is 12.7. The van der Waals surface area contributed by atoms with E-state index in [2.05, 4.69) is 5.32 Å². The number of hydrogen-bond donors (Lipinski definition) is 1. The van der Waals surface area contributed by atoms with E-state index in [1.54, 1.807) is 24.1 Å². The molecule has 132 valence electrons. The SMILES string of the molecule is COCCN(Cc1ccccc1)C(=O)Cc1ccc(NC(C)=O)cc1. The highest BCUT2D eigenvalue weighted by Crippen LogP contribution is 2.12. The van der Waals surface area contributed by atoms with Gasteiger partial charge in [-0.05, 0) is 23.3 Å². The van der Waals surface area contributed by atoms with Crippen LogP contribution in [0.2, 0.25) is 0 Å². The first-order valence-corrected chi connectivity index (χ1v) is 8.25. The van der Waals surface area contributed by atoms with E-state index in [4.69, 9.17) is 4.74 Å². The van der Waals surface area contributed by atoms with Gasteiger partial charge in [-0.1, -0.05) is 42.5 Å². The number of carbonyl (C=O) groups is 2. The molecule has 0 aliphatic carbocycles. The fraction of sp³-hybridized carbons (Fsp3) is 0.300. The smallest absolute Gasteiger partial charge is 0.227 e. The molecule has 0 aromatic heterocycles. The van der Waals surface area contributed by atoms with Crippen LogP contribution in [0.4, 0.5) is 5.69 Å². The Labute approximate surface area is 148 Å². The summed E-state index contributed by atoms with van der Waals surface area (Å²) in [7, 11) is 1.63. The van der Waals surface area contributed by atoms with Gasteiger partial charge < -0.3 is 15.0 Å². The van der Waals surface area contributed by atoms with Crippen LogP contribution in [-0.4, -0.2) is 37.0 Å².